The molecule has 7 heteroatoms. The number of hydrogen-bond acceptors (Lipinski definition) is 3. The molecule has 0 aliphatic rings. The largest absolute Gasteiger partial charge is 0.334 e. The first-order valence-corrected chi connectivity index (χ1v) is 5.11. The van der Waals surface area contributed by atoms with E-state index in [1.54, 1.807) is 6.33 Å². The summed E-state index contributed by atoms with van der Waals surface area (Å²) in [4.78, 5) is 15.6. The van der Waals surface area contributed by atoms with E-state index in [0.29, 0.717) is 13.0 Å². The molecule has 2 rings (SSSR count). The molecule has 0 fully saturated rings. The van der Waals surface area contributed by atoms with E-state index in [1.807, 2.05) is 29.8 Å². The highest BCUT2D eigenvalue weighted by molar-refractivity contribution is 5.93. The van der Waals surface area contributed by atoms with E-state index >= 15 is 0 Å². The number of hydrogen-bond donors (Lipinski definition) is 2. The van der Waals surface area contributed by atoms with Crippen LogP contribution in [-0.4, -0.2) is 22.0 Å². The summed E-state index contributed by atoms with van der Waals surface area (Å²) in [5, 5.41) is 2.78. The molecule has 0 radical (unpaired) electrons. The molecule has 100 valence electrons. The van der Waals surface area contributed by atoms with Crippen molar-refractivity contribution in [3.63, 3.8) is 0 Å². The second-order valence-electron chi connectivity index (χ2n) is 3.65. The van der Waals surface area contributed by atoms with Crippen LogP contribution in [0.1, 0.15) is 6.42 Å². The van der Waals surface area contributed by atoms with Gasteiger partial charge in [-0.2, -0.15) is 0 Å². The van der Waals surface area contributed by atoms with Crippen molar-refractivity contribution in [3.05, 3.63) is 24.5 Å². The van der Waals surface area contributed by atoms with Crippen molar-refractivity contribution in [1.82, 2.24) is 9.55 Å². The number of nitrogens with two attached hydrogens (primary N) is 1. The Balaban J connectivity index is 0.00000144. The predicted octanol–water partition coefficient (Wildman–Crippen LogP) is 1.70. The summed E-state index contributed by atoms with van der Waals surface area (Å²) >= 11 is 0. The molecule has 0 spiro atoms. The first-order chi connectivity index (χ1) is 7.70. The van der Waals surface area contributed by atoms with Crippen LogP contribution in [0.25, 0.3) is 11.0 Å². The maximum atomic E-state index is 11.3. The highest BCUT2D eigenvalue weighted by Gasteiger charge is 2.03. The molecule has 0 unspecified atom stereocenters. The molecule has 0 saturated heterocycles. The molecule has 1 aromatic carbocycles. The molecule has 1 aromatic heterocycles. The average Bonchev–Trinajstić information content (AvgIpc) is 2.60. The number of amides is 1. The molecule has 2 aromatic rings. The number of anilines is 1. The monoisotopic (exact) mass is 290 g/mol. The van der Waals surface area contributed by atoms with E-state index in [9.17, 15) is 4.79 Å². The van der Waals surface area contributed by atoms with Gasteiger partial charge in [0.25, 0.3) is 0 Å². The van der Waals surface area contributed by atoms with Gasteiger partial charge in [-0.3, -0.25) is 4.79 Å². The number of fused-ring (bicyclic) bond motifs is 1. The molecule has 5 nitrogen and oxygen atoms in total. The maximum absolute atomic E-state index is 11.3. The Kier molecular flexibility index (Phi) is 6.68. The quantitative estimate of drug-likeness (QED) is 0.904. The van der Waals surface area contributed by atoms with Crippen molar-refractivity contribution in [3.8, 4) is 0 Å². The van der Waals surface area contributed by atoms with E-state index in [1.165, 1.54) is 0 Å². The van der Waals surface area contributed by atoms with Gasteiger partial charge in [0, 0.05) is 25.7 Å². The Morgan fingerprint density at radius 3 is 2.83 bits per heavy atom. The summed E-state index contributed by atoms with van der Waals surface area (Å²) in [7, 11) is 1.93. The number of halogens is 2. The second kappa shape index (κ2) is 7.20. The molecule has 0 aliphatic heterocycles. The van der Waals surface area contributed by atoms with Crippen molar-refractivity contribution >= 4 is 47.4 Å². The summed E-state index contributed by atoms with van der Waals surface area (Å²) in [6.07, 6.45) is 2.08. The number of imidazole rings is 1. The number of rotatable bonds is 3. The first-order valence-electron chi connectivity index (χ1n) is 5.11. The Morgan fingerprint density at radius 1 is 1.44 bits per heavy atom. The first kappa shape index (κ1) is 16.7. The normalized spacial score (nSPS) is 9.44. The van der Waals surface area contributed by atoms with Crippen LogP contribution < -0.4 is 11.1 Å². The lowest BCUT2D eigenvalue weighted by Gasteiger charge is -2.04. The summed E-state index contributed by atoms with van der Waals surface area (Å²) in [6, 6.07) is 5.64. The van der Waals surface area contributed by atoms with Crippen LogP contribution in [0.2, 0.25) is 0 Å². The van der Waals surface area contributed by atoms with Gasteiger partial charge < -0.3 is 15.6 Å². The highest BCUT2D eigenvalue weighted by Crippen LogP contribution is 2.17. The molecule has 0 atom stereocenters. The third-order valence-electron chi connectivity index (χ3n) is 2.38. The number of aryl methyl sites for hydroxylation is 1. The van der Waals surface area contributed by atoms with Gasteiger partial charge in [-0.15, -0.1) is 24.8 Å². The molecule has 18 heavy (non-hydrogen) atoms. The Bertz CT molecular complexity index is 527. The van der Waals surface area contributed by atoms with E-state index in [4.69, 9.17) is 5.73 Å². The Hall–Kier alpha value is -1.30. The van der Waals surface area contributed by atoms with Crippen molar-refractivity contribution in [2.75, 3.05) is 11.9 Å². The minimum Gasteiger partial charge on any atom is -0.334 e. The van der Waals surface area contributed by atoms with Crippen LogP contribution in [0.15, 0.2) is 24.5 Å². The molecule has 1 amide bonds. The number of carbonyl (C=O) groups excluding carboxylic acids is 1. The maximum Gasteiger partial charge on any atom is 0.225 e. The second-order valence-corrected chi connectivity index (χ2v) is 3.65. The van der Waals surface area contributed by atoms with Crippen LogP contribution in [-0.2, 0) is 11.8 Å². The van der Waals surface area contributed by atoms with Crippen LogP contribution in [0, 0.1) is 0 Å². The van der Waals surface area contributed by atoms with Crippen molar-refractivity contribution < 1.29 is 4.79 Å². The lowest BCUT2D eigenvalue weighted by Crippen LogP contribution is -2.16. The van der Waals surface area contributed by atoms with E-state index < -0.39 is 0 Å². The summed E-state index contributed by atoms with van der Waals surface area (Å²) in [5.74, 6) is -0.0715. The molecule has 0 aliphatic carbocycles. The summed E-state index contributed by atoms with van der Waals surface area (Å²) in [6.45, 7) is 0.359. The number of benzene rings is 1. The van der Waals surface area contributed by atoms with Crippen LogP contribution >= 0.6 is 24.8 Å². The fourth-order valence-electron chi connectivity index (χ4n) is 1.57. The van der Waals surface area contributed by atoms with Gasteiger partial charge in [0.2, 0.25) is 5.91 Å². The van der Waals surface area contributed by atoms with Crippen molar-refractivity contribution in [1.29, 1.82) is 0 Å². The van der Waals surface area contributed by atoms with Gasteiger partial charge in [0.15, 0.2) is 0 Å². The lowest BCUT2D eigenvalue weighted by molar-refractivity contribution is -0.116. The van der Waals surface area contributed by atoms with Crippen LogP contribution in [0.4, 0.5) is 5.69 Å². The average molecular weight is 291 g/mol. The molecule has 3 N–H and O–H groups in total. The van der Waals surface area contributed by atoms with Crippen molar-refractivity contribution in [2.24, 2.45) is 12.8 Å². The number of aromatic nitrogens is 2. The Labute approximate surface area is 118 Å². The molecule has 0 saturated carbocycles. The molecular formula is C11H16Cl2N4O. The van der Waals surface area contributed by atoms with E-state index in [-0.39, 0.29) is 30.7 Å². The lowest BCUT2D eigenvalue weighted by atomic mass is 10.2. The third-order valence-corrected chi connectivity index (χ3v) is 2.38. The third kappa shape index (κ3) is 3.60. The van der Waals surface area contributed by atoms with Gasteiger partial charge in [-0.05, 0) is 18.2 Å². The zero-order chi connectivity index (χ0) is 11.5. The topological polar surface area (TPSA) is 72.9 Å². The van der Waals surface area contributed by atoms with E-state index in [0.717, 1.165) is 16.7 Å². The summed E-state index contributed by atoms with van der Waals surface area (Å²) in [5.41, 5.74) is 7.96. The smallest absolute Gasteiger partial charge is 0.225 e. The van der Waals surface area contributed by atoms with Crippen LogP contribution in [0.3, 0.4) is 0 Å². The molecule has 0 bridgehead atoms. The zero-order valence-corrected chi connectivity index (χ0v) is 11.6. The zero-order valence-electron chi connectivity index (χ0n) is 9.92. The fourth-order valence-corrected chi connectivity index (χ4v) is 1.57. The highest BCUT2D eigenvalue weighted by atomic mass is 35.5. The molecular weight excluding hydrogens is 275 g/mol. The van der Waals surface area contributed by atoms with Gasteiger partial charge in [0.05, 0.1) is 17.4 Å². The standard InChI is InChI=1S/C11H14N4O.2ClH/c1-15-7-13-9-6-8(2-3-10(9)15)14-11(16)4-5-12;;/h2-3,6-7H,4-5,12H2,1H3,(H,14,16);2*1H. The number of nitrogens with zero attached hydrogens (tertiary/aromatic N) is 2. The van der Waals surface area contributed by atoms with Gasteiger partial charge >= 0.3 is 0 Å². The van der Waals surface area contributed by atoms with Crippen molar-refractivity contribution in [2.45, 2.75) is 6.42 Å². The van der Waals surface area contributed by atoms with Gasteiger partial charge in [-0.25, -0.2) is 4.98 Å². The number of nitrogens with one attached hydrogen (secondary N) is 1. The fraction of sp³-hybridized carbons (Fsp3) is 0.273. The molecule has 1 heterocycles. The van der Waals surface area contributed by atoms with E-state index in [2.05, 4.69) is 10.3 Å². The Morgan fingerprint density at radius 2 is 2.17 bits per heavy atom. The minimum atomic E-state index is -0.0715. The predicted molar refractivity (Wildman–Crippen MR) is 77.5 cm³/mol. The van der Waals surface area contributed by atoms with Gasteiger partial charge in [-0.1, -0.05) is 0 Å². The SMILES string of the molecule is Cl.Cl.Cn1cnc2cc(NC(=O)CCN)ccc21. The summed E-state index contributed by atoms with van der Waals surface area (Å²) < 4.78 is 1.93. The minimum absolute atomic E-state index is 0. The van der Waals surface area contributed by atoms with Gasteiger partial charge in [0.1, 0.15) is 0 Å². The number of carbonyl (C=O) groups is 1. The van der Waals surface area contributed by atoms with Crippen LogP contribution in [0.5, 0.6) is 0 Å².